The van der Waals surface area contributed by atoms with Crippen molar-refractivity contribution in [3.05, 3.63) is 0 Å². The zero-order valence-corrected chi connectivity index (χ0v) is 11.1. The molecule has 2 aliphatic carbocycles. The van der Waals surface area contributed by atoms with Crippen molar-refractivity contribution in [1.82, 2.24) is 5.32 Å². The minimum Gasteiger partial charge on any atom is -0.481 e. The number of carboxylic acid groups (broad SMARTS) is 1. The second kappa shape index (κ2) is 4.90. The maximum Gasteiger partial charge on any atom is 0.305 e. The highest BCUT2D eigenvalue weighted by molar-refractivity contribution is 5.84. The van der Waals surface area contributed by atoms with Crippen molar-refractivity contribution in [2.75, 3.05) is 0 Å². The van der Waals surface area contributed by atoms with Gasteiger partial charge >= 0.3 is 5.97 Å². The molecule has 2 rings (SSSR count). The topological polar surface area (TPSA) is 66.4 Å². The van der Waals surface area contributed by atoms with E-state index >= 15 is 0 Å². The molecule has 0 saturated heterocycles. The minimum atomic E-state index is -0.816. The van der Waals surface area contributed by atoms with Gasteiger partial charge in [-0.1, -0.05) is 26.2 Å². The van der Waals surface area contributed by atoms with Gasteiger partial charge in [-0.15, -0.1) is 0 Å². The zero-order valence-electron chi connectivity index (χ0n) is 11.1. The second-order valence-electron chi connectivity index (χ2n) is 6.28. The summed E-state index contributed by atoms with van der Waals surface area (Å²) in [7, 11) is 0. The summed E-state index contributed by atoms with van der Waals surface area (Å²) >= 11 is 0. The highest BCUT2D eigenvalue weighted by atomic mass is 16.4. The molecule has 0 aromatic heterocycles. The molecule has 2 N–H and O–H groups in total. The third kappa shape index (κ3) is 2.68. The van der Waals surface area contributed by atoms with Crippen LogP contribution in [0.1, 0.15) is 64.7 Å². The lowest BCUT2D eigenvalue weighted by Crippen LogP contribution is -2.58. The number of hydrogen-bond acceptors (Lipinski definition) is 2. The molecule has 0 spiro atoms. The fourth-order valence-corrected chi connectivity index (χ4v) is 3.19. The number of nitrogens with one attached hydrogen (secondary N) is 1. The molecule has 2 aliphatic rings. The van der Waals surface area contributed by atoms with Crippen molar-refractivity contribution in [1.29, 1.82) is 0 Å². The quantitative estimate of drug-likeness (QED) is 0.808. The zero-order chi connectivity index (χ0) is 13.2. The van der Waals surface area contributed by atoms with Crippen molar-refractivity contribution < 1.29 is 14.7 Å². The second-order valence-corrected chi connectivity index (χ2v) is 6.28. The van der Waals surface area contributed by atoms with Crippen molar-refractivity contribution in [3.8, 4) is 0 Å². The first-order valence-corrected chi connectivity index (χ1v) is 7.00. The molecule has 0 aromatic rings. The Morgan fingerprint density at radius 1 is 1.06 bits per heavy atom. The molecular formula is C14H23NO3. The van der Waals surface area contributed by atoms with Crippen molar-refractivity contribution >= 4 is 11.9 Å². The van der Waals surface area contributed by atoms with Crippen LogP contribution in [0.4, 0.5) is 0 Å². The lowest BCUT2D eigenvalue weighted by Gasteiger charge is -2.44. The van der Waals surface area contributed by atoms with E-state index in [1.54, 1.807) is 0 Å². The van der Waals surface area contributed by atoms with Gasteiger partial charge in [-0.05, 0) is 32.1 Å². The van der Waals surface area contributed by atoms with E-state index in [-0.39, 0.29) is 17.7 Å². The number of carboxylic acids is 1. The SMILES string of the molecule is CC1(C(=O)NC2(CC(=O)O)CCC2)CCCCC1. The predicted octanol–water partition coefficient (Wildman–Crippen LogP) is 2.47. The van der Waals surface area contributed by atoms with Crippen molar-refractivity contribution in [2.45, 2.75) is 70.3 Å². The molecule has 0 aliphatic heterocycles. The molecule has 0 atom stereocenters. The van der Waals surface area contributed by atoms with Crippen molar-refractivity contribution in [2.24, 2.45) is 5.41 Å². The highest BCUT2D eigenvalue weighted by Gasteiger charge is 2.44. The van der Waals surface area contributed by atoms with Crippen LogP contribution in [0.25, 0.3) is 0 Å². The van der Waals surface area contributed by atoms with Crippen LogP contribution < -0.4 is 5.32 Å². The van der Waals surface area contributed by atoms with Gasteiger partial charge in [0.05, 0.1) is 12.0 Å². The summed E-state index contributed by atoms with van der Waals surface area (Å²) in [6, 6.07) is 0. The summed E-state index contributed by atoms with van der Waals surface area (Å²) < 4.78 is 0. The van der Waals surface area contributed by atoms with E-state index in [1.807, 2.05) is 6.92 Å². The first kappa shape index (κ1) is 13.4. The summed E-state index contributed by atoms with van der Waals surface area (Å²) in [5, 5.41) is 12.0. The summed E-state index contributed by atoms with van der Waals surface area (Å²) in [4.78, 5) is 23.3. The maximum absolute atomic E-state index is 12.4. The molecule has 0 aromatic carbocycles. The summed E-state index contributed by atoms with van der Waals surface area (Å²) in [5.74, 6) is -0.744. The van der Waals surface area contributed by atoms with E-state index in [0.29, 0.717) is 0 Å². The van der Waals surface area contributed by atoms with Gasteiger partial charge in [0.25, 0.3) is 0 Å². The van der Waals surface area contributed by atoms with Gasteiger partial charge in [-0.25, -0.2) is 0 Å². The number of rotatable bonds is 4. The van der Waals surface area contributed by atoms with Gasteiger partial charge in [-0.3, -0.25) is 9.59 Å². The van der Waals surface area contributed by atoms with Gasteiger partial charge in [0.15, 0.2) is 0 Å². The average Bonchev–Trinajstić information content (AvgIpc) is 2.26. The van der Waals surface area contributed by atoms with Crippen molar-refractivity contribution in [3.63, 3.8) is 0 Å². The summed E-state index contributed by atoms with van der Waals surface area (Å²) in [5.41, 5.74) is -0.733. The van der Waals surface area contributed by atoms with E-state index in [2.05, 4.69) is 5.32 Å². The van der Waals surface area contributed by atoms with Crippen LogP contribution in [0.3, 0.4) is 0 Å². The molecule has 0 bridgehead atoms. The van der Waals surface area contributed by atoms with E-state index < -0.39 is 11.5 Å². The Labute approximate surface area is 108 Å². The number of carbonyl (C=O) groups excluding carboxylic acids is 1. The molecular weight excluding hydrogens is 230 g/mol. The Morgan fingerprint density at radius 3 is 2.11 bits per heavy atom. The Kier molecular flexibility index (Phi) is 3.64. The number of hydrogen-bond donors (Lipinski definition) is 2. The van der Waals surface area contributed by atoms with Crippen LogP contribution in [-0.4, -0.2) is 22.5 Å². The number of amides is 1. The summed E-state index contributed by atoms with van der Waals surface area (Å²) in [6.07, 6.45) is 7.99. The number of aliphatic carboxylic acids is 1. The summed E-state index contributed by atoms with van der Waals surface area (Å²) in [6.45, 7) is 2.02. The van der Waals surface area contributed by atoms with Gasteiger partial charge in [0.2, 0.25) is 5.91 Å². The van der Waals surface area contributed by atoms with E-state index in [4.69, 9.17) is 5.11 Å². The molecule has 18 heavy (non-hydrogen) atoms. The monoisotopic (exact) mass is 253 g/mol. The van der Waals surface area contributed by atoms with Crippen LogP contribution in [0, 0.1) is 5.41 Å². The number of carbonyl (C=O) groups is 2. The molecule has 102 valence electrons. The maximum atomic E-state index is 12.4. The van der Waals surface area contributed by atoms with Crippen LogP contribution in [0.5, 0.6) is 0 Å². The fourth-order valence-electron chi connectivity index (χ4n) is 3.19. The van der Waals surface area contributed by atoms with Crippen LogP contribution >= 0.6 is 0 Å². The van der Waals surface area contributed by atoms with E-state index in [9.17, 15) is 9.59 Å². The predicted molar refractivity (Wildman–Crippen MR) is 68.2 cm³/mol. The highest BCUT2D eigenvalue weighted by Crippen LogP contribution is 2.40. The lowest BCUT2D eigenvalue weighted by molar-refractivity contribution is -0.142. The smallest absolute Gasteiger partial charge is 0.305 e. The molecule has 4 nitrogen and oxygen atoms in total. The first-order chi connectivity index (χ1) is 8.46. The Bertz CT molecular complexity index is 341. The molecule has 2 fully saturated rings. The van der Waals surface area contributed by atoms with E-state index in [1.165, 1.54) is 6.42 Å². The molecule has 0 heterocycles. The van der Waals surface area contributed by atoms with Gasteiger partial charge in [0, 0.05) is 5.41 Å². The third-order valence-electron chi connectivity index (χ3n) is 4.68. The Balaban J connectivity index is 1.98. The minimum absolute atomic E-state index is 0.0643. The molecule has 0 unspecified atom stereocenters. The van der Waals surface area contributed by atoms with Gasteiger partial charge < -0.3 is 10.4 Å². The molecule has 4 heteroatoms. The van der Waals surface area contributed by atoms with Crippen LogP contribution in [0.15, 0.2) is 0 Å². The van der Waals surface area contributed by atoms with Crippen LogP contribution in [-0.2, 0) is 9.59 Å². The largest absolute Gasteiger partial charge is 0.481 e. The van der Waals surface area contributed by atoms with Gasteiger partial charge in [-0.2, -0.15) is 0 Å². The third-order valence-corrected chi connectivity index (χ3v) is 4.68. The van der Waals surface area contributed by atoms with Gasteiger partial charge in [0.1, 0.15) is 0 Å². The first-order valence-electron chi connectivity index (χ1n) is 7.00. The fraction of sp³-hybridized carbons (Fsp3) is 0.857. The molecule has 2 saturated carbocycles. The molecule has 0 radical (unpaired) electrons. The standard InChI is InChI=1S/C14H23NO3/c1-13(6-3-2-4-7-13)12(18)15-14(8-5-9-14)10-11(16)17/h2-10H2,1H3,(H,15,18)(H,16,17). The Morgan fingerprint density at radius 2 is 1.67 bits per heavy atom. The lowest BCUT2D eigenvalue weighted by atomic mass is 9.71. The Hall–Kier alpha value is -1.06. The molecule has 1 amide bonds. The average molecular weight is 253 g/mol. The van der Waals surface area contributed by atoms with Crippen LogP contribution in [0.2, 0.25) is 0 Å². The van der Waals surface area contributed by atoms with E-state index in [0.717, 1.165) is 44.9 Å². The normalized spacial score (nSPS) is 24.9.